The van der Waals surface area contributed by atoms with Crippen LogP contribution >= 0.6 is 11.8 Å². The largest absolute Gasteiger partial charge is 0.326 e. The number of nitrogens with one attached hydrogen (secondary N) is 2. The number of aromatic amines is 1. The van der Waals surface area contributed by atoms with E-state index < -0.39 is 0 Å². The van der Waals surface area contributed by atoms with Gasteiger partial charge in [-0.2, -0.15) is 0 Å². The Morgan fingerprint density at radius 1 is 1.32 bits per heavy atom. The topological polar surface area (TPSA) is 74.8 Å². The van der Waals surface area contributed by atoms with Crippen LogP contribution in [0, 0.1) is 6.92 Å². The first-order chi connectivity index (χ1) is 11.9. The number of benzene rings is 1. The summed E-state index contributed by atoms with van der Waals surface area (Å²) >= 11 is 1.39. The van der Waals surface area contributed by atoms with E-state index in [1.165, 1.54) is 17.3 Å². The van der Waals surface area contributed by atoms with Gasteiger partial charge in [-0.1, -0.05) is 37.7 Å². The van der Waals surface area contributed by atoms with Gasteiger partial charge in [0.1, 0.15) is 0 Å². The molecule has 0 saturated heterocycles. The Kier molecular flexibility index (Phi) is 6.82. The number of aromatic nitrogens is 2. The van der Waals surface area contributed by atoms with Gasteiger partial charge in [0, 0.05) is 23.4 Å². The van der Waals surface area contributed by atoms with Crippen LogP contribution in [0.25, 0.3) is 0 Å². The van der Waals surface area contributed by atoms with Crippen LogP contribution in [-0.4, -0.2) is 22.1 Å². The van der Waals surface area contributed by atoms with Gasteiger partial charge in [-0.3, -0.25) is 9.59 Å². The number of carbonyl (C=O) groups is 1. The highest BCUT2D eigenvalue weighted by Gasteiger charge is 2.11. The van der Waals surface area contributed by atoms with E-state index in [1.54, 1.807) is 6.92 Å². The molecule has 1 aromatic carbocycles. The summed E-state index contributed by atoms with van der Waals surface area (Å²) in [6.07, 6.45) is 3.57. The number of thioether (sulfide) groups is 1. The van der Waals surface area contributed by atoms with Crippen LogP contribution in [-0.2, 0) is 11.2 Å². The van der Waals surface area contributed by atoms with E-state index in [0.29, 0.717) is 28.8 Å². The Balaban J connectivity index is 1.96. The molecule has 5 nitrogen and oxygen atoms in total. The Bertz CT molecular complexity index is 784. The predicted octanol–water partition coefficient (Wildman–Crippen LogP) is 3.89. The SMILES string of the molecule is CCC(C)c1ccc(NC(=O)CCc2c(C)nc(SC)[nH]c2=O)cc1. The van der Waals surface area contributed by atoms with E-state index in [2.05, 4.69) is 29.1 Å². The fraction of sp³-hybridized carbons (Fsp3) is 0.421. The summed E-state index contributed by atoms with van der Waals surface area (Å²) in [5.41, 5.74) is 3.13. The van der Waals surface area contributed by atoms with Crippen molar-refractivity contribution in [3.05, 3.63) is 51.4 Å². The molecular formula is C19H25N3O2S. The van der Waals surface area contributed by atoms with Crippen LogP contribution in [0.5, 0.6) is 0 Å². The van der Waals surface area contributed by atoms with Crippen molar-refractivity contribution in [3.63, 3.8) is 0 Å². The number of rotatable bonds is 7. The first-order valence-electron chi connectivity index (χ1n) is 8.48. The molecule has 1 unspecified atom stereocenters. The van der Waals surface area contributed by atoms with Gasteiger partial charge < -0.3 is 10.3 Å². The van der Waals surface area contributed by atoms with E-state index in [4.69, 9.17) is 0 Å². The lowest BCUT2D eigenvalue weighted by atomic mass is 9.98. The van der Waals surface area contributed by atoms with Crippen molar-refractivity contribution in [1.29, 1.82) is 0 Å². The van der Waals surface area contributed by atoms with Crippen LogP contribution in [0.3, 0.4) is 0 Å². The van der Waals surface area contributed by atoms with Gasteiger partial charge in [0.05, 0.1) is 0 Å². The minimum absolute atomic E-state index is 0.107. The maximum Gasteiger partial charge on any atom is 0.254 e. The van der Waals surface area contributed by atoms with Gasteiger partial charge in [-0.05, 0) is 49.6 Å². The average molecular weight is 359 g/mol. The number of carbonyl (C=O) groups excluding carboxylic acids is 1. The molecule has 1 heterocycles. The Hall–Kier alpha value is -2.08. The fourth-order valence-corrected chi connectivity index (χ4v) is 2.99. The highest BCUT2D eigenvalue weighted by atomic mass is 32.2. The fourth-order valence-electron chi connectivity index (χ4n) is 2.57. The van der Waals surface area contributed by atoms with Crippen molar-refractivity contribution in [2.45, 2.75) is 51.1 Å². The summed E-state index contributed by atoms with van der Waals surface area (Å²) in [6, 6.07) is 7.94. The molecule has 134 valence electrons. The molecule has 0 aliphatic carbocycles. The lowest BCUT2D eigenvalue weighted by Gasteiger charge is -2.11. The van der Waals surface area contributed by atoms with Crippen LogP contribution in [0.1, 0.15) is 49.4 Å². The van der Waals surface area contributed by atoms with Gasteiger partial charge in [0.2, 0.25) is 5.91 Å². The quantitative estimate of drug-likeness (QED) is 0.581. The smallest absolute Gasteiger partial charge is 0.254 e. The van der Waals surface area contributed by atoms with Crippen molar-refractivity contribution >= 4 is 23.4 Å². The molecule has 1 atom stereocenters. The zero-order chi connectivity index (χ0) is 18.4. The van der Waals surface area contributed by atoms with Gasteiger partial charge >= 0.3 is 0 Å². The van der Waals surface area contributed by atoms with E-state index >= 15 is 0 Å². The monoisotopic (exact) mass is 359 g/mol. The van der Waals surface area contributed by atoms with E-state index in [0.717, 1.165) is 12.1 Å². The van der Waals surface area contributed by atoms with Crippen LogP contribution in [0.2, 0.25) is 0 Å². The van der Waals surface area contributed by atoms with Gasteiger partial charge in [0.25, 0.3) is 5.56 Å². The first-order valence-corrected chi connectivity index (χ1v) is 9.70. The minimum atomic E-state index is -0.164. The van der Waals surface area contributed by atoms with Crippen molar-refractivity contribution < 1.29 is 4.79 Å². The molecule has 2 N–H and O–H groups in total. The molecule has 0 aliphatic rings. The second kappa shape index (κ2) is 8.85. The summed E-state index contributed by atoms with van der Waals surface area (Å²) < 4.78 is 0. The third-order valence-electron chi connectivity index (χ3n) is 4.37. The summed E-state index contributed by atoms with van der Waals surface area (Å²) in [6.45, 7) is 6.14. The van der Waals surface area contributed by atoms with Crippen LogP contribution < -0.4 is 10.9 Å². The van der Waals surface area contributed by atoms with Gasteiger partial charge in [0.15, 0.2) is 5.16 Å². The molecule has 0 radical (unpaired) electrons. The second-order valence-electron chi connectivity index (χ2n) is 6.12. The van der Waals surface area contributed by atoms with Crippen molar-refractivity contribution in [3.8, 4) is 0 Å². The standard InChI is InChI=1S/C19H25N3O2S/c1-5-12(2)14-6-8-15(9-7-14)21-17(23)11-10-16-13(3)20-19(25-4)22-18(16)24/h6-9,12H,5,10-11H2,1-4H3,(H,21,23)(H,20,22,24). The molecule has 2 rings (SSSR count). The second-order valence-corrected chi connectivity index (χ2v) is 6.91. The molecule has 1 amide bonds. The number of nitrogens with zero attached hydrogens (tertiary/aromatic N) is 1. The zero-order valence-corrected chi connectivity index (χ0v) is 16.0. The molecule has 0 fully saturated rings. The Labute approximate surface area is 152 Å². The van der Waals surface area contributed by atoms with Crippen LogP contribution in [0.4, 0.5) is 5.69 Å². The molecule has 0 aliphatic heterocycles. The molecule has 6 heteroatoms. The zero-order valence-electron chi connectivity index (χ0n) is 15.2. The minimum Gasteiger partial charge on any atom is -0.326 e. The van der Waals surface area contributed by atoms with Crippen molar-refractivity contribution in [1.82, 2.24) is 9.97 Å². The van der Waals surface area contributed by atoms with Crippen molar-refractivity contribution in [2.75, 3.05) is 11.6 Å². The first kappa shape index (κ1) is 19.2. The molecule has 0 bridgehead atoms. The lowest BCUT2D eigenvalue weighted by molar-refractivity contribution is -0.116. The highest BCUT2D eigenvalue weighted by molar-refractivity contribution is 7.98. The number of amides is 1. The average Bonchev–Trinajstić information content (AvgIpc) is 2.60. The number of aryl methyl sites for hydroxylation is 1. The van der Waals surface area contributed by atoms with E-state index in [1.807, 2.05) is 30.5 Å². The summed E-state index contributed by atoms with van der Waals surface area (Å²) in [7, 11) is 0. The third kappa shape index (κ3) is 5.19. The maximum atomic E-state index is 12.2. The summed E-state index contributed by atoms with van der Waals surface area (Å²) in [5, 5.41) is 3.48. The number of anilines is 1. The molecule has 0 saturated carbocycles. The molecule has 25 heavy (non-hydrogen) atoms. The maximum absolute atomic E-state index is 12.2. The van der Waals surface area contributed by atoms with Gasteiger partial charge in [-0.15, -0.1) is 0 Å². The normalized spacial score (nSPS) is 12.0. The summed E-state index contributed by atoms with van der Waals surface area (Å²) in [5.74, 6) is 0.403. The summed E-state index contributed by atoms with van der Waals surface area (Å²) in [4.78, 5) is 31.3. The molecule has 0 spiro atoms. The Morgan fingerprint density at radius 2 is 2.00 bits per heavy atom. The van der Waals surface area contributed by atoms with Gasteiger partial charge in [-0.25, -0.2) is 4.98 Å². The highest BCUT2D eigenvalue weighted by Crippen LogP contribution is 2.20. The van der Waals surface area contributed by atoms with E-state index in [9.17, 15) is 9.59 Å². The number of hydrogen-bond acceptors (Lipinski definition) is 4. The number of hydrogen-bond donors (Lipinski definition) is 2. The van der Waals surface area contributed by atoms with Crippen LogP contribution in [0.15, 0.2) is 34.2 Å². The Morgan fingerprint density at radius 3 is 2.56 bits per heavy atom. The lowest BCUT2D eigenvalue weighted by Crippen LogP contribution is -2.20. The molecule has 1 aromatic heterocycles. The van der Waals surface area contributed by atoms with Crippen molar-refractivity contribution in [2.24, 2.45) is 0 Å². The van der Waals surface area contributed by atoms with E-state index in [-0.39, 0.29) is 17.9 Å². The molecular weight excluding hydrogens is 334 g/mol. The third-order valence-corrected chi connectivity index (χ3v) is 4.95. The predicted molar refractivity (Wildman–Crippen MR) is 103 cm³/mol. The molecule has 2 aromatic rings. The number of H-pyrrole nitrogens is 1.